The highest BCUT2D eigenvalue weighted by molar-refractivity contribution is 6.62. The van der Waals surface area contributed by atoms with Gasteiger partial charge in [-0.15, -0.1) is 11.6 Å². The van der Waals surface area contributed by atoms with Gasteiger partial charge in [0.15, 0.2) is 0 Å². The monoisotopic (exact) mass is 284 g/mol. The summed E-state index contributed by atoms with van der Waals surface area (Å²) in [6.45, 7) is 2.87. The molecular formula is C13H17ClO3Si. The first-order valence-corrected chi connectivity index (χ1v) is 8.81. The average molecular weight is 285 g/mol. The zero-order valence-corrected chi connectivity index (χ0v) is 12.2. The van der Waals surface area contributed by atoms with Crippen LogP contribution in [0.3, 0.4) is 0 Å². The topological polar surface area (TPSA) is 27.7 Å². The normalized spacial score (nSPS) is 34.1. The van der Waals surface area contributed by atoms with Crippen LogP contribution in [-0.4, -0.2) is 21.7 Å². The highest BCUT2D eigenvalue weighted by Gasteiger charge is 2.59. The van der Waals surface area contributed by atoms with Crippen LogP contribution in [0.5, 0.6) is 0 Å². The van der Waals surface area contributed by atoms with Gasteiger partial charge < -0.3 is 13.3 Å². The Morgan fingerprint density at radius 3 is 2.44 bits per heavy atom. The van der Waals surface area contributed by atoms with E-state index < -0.39 is 8.80 Å². The molecule has 98 valence electrons. The van der Waals surface area contributed by atoms with Crippen LogP contribution in [0.15, 0.2) is 24.3 Å². The molecule has 1 atom stereocenters. The number of aryl methyl sites for hydroxylation is 1. The molecule has 0 aromatic heterocycles. The molecule has 1 aromatic rings. The maximum absolute atomic E-state index is 5.81. The Morgan fingerprint density at radius 2 is 1.89 bits per heavy atom. The smallest absolute Gasteiger partial charge is 0.373 e. The number of alkyl halides is 1. The molecule has 3 fully saturated rings. The third kappa shape index (κ3) is 2.35. The van der Waals surface area contributed by atoms with E-state index in [0.717, 1.165) is 24.6 Å². The molecule has 0 radical (unpaired) electrons. The van der Waals surface area contributed by atoms with E-state index in [1.165, 1.54) is 5.56 Å². The largest absolute Gasteiger partial charge is 0.505 e. The predicted molar refractivity (Wildman–Crippen MR) is 71.3 cm³/mol. The summed E-state index contributed by atoms with van der Waals surface area (Å²) in [4.78, 5) is 0. The van der Waals surface area contributed by atoms with Crippen LogP contribution in [0.1, 0.15) is 18.1 Å². The molecule has 1 unspecified atom stereocenters. The molecule has 3 aliphatic heterocycles. The second-order valence-electron chi connectivity index (χ2n) is 5.03. The highest BCUT2D eigenvalue weighted by atomic mass is 35.5. The average Bonchev–Trinajstić information content (AvgIpc) is 2.37. The molecule has 0 saturated carbocycles. The molecule has 0 N–H and O–H groups in total. The van der Waals surface area contributed by atoms with Crippen LogP contribution in [0.4, 0.5) is 0 Å². The SMILES string of the molecule is CC1CO[Si]2(CCc3ccc(CCl)cc3)OC1O2. The fraction of sp³-hybridized carbons (Fsp3) is 0.538. The lowest BCUT2D eigenvalue weighted by Gasteiger charge is -2.51. The quantitative estimate of drug-likeness (QED) is 0.628. The van der Waals surface area contributed by atoms with Gasteiger partial charge in [-0.05, 0) is 17.5 Å². The van der Waals surface area contributed by atoms with Crippen molar-refractivity contribution in [3.63, 3.8) is 0 Å². The fourth-order valence-electron chi connectivity index (χ4n) is 2.28. The molecule has 3 heterocycles. The Kier molecular flexibility index (Phi) is 3.47. The van der Waals surface area contributed by atoms with Crippen LogP contribution in [0, 0.1) is 5.92 Å². The second kappa shape index (κ2) is 4.94. The first kappa shape index (κ1) is 12.6. The van der Waals surface area contributed by atoms with E-state index in [2.05, 4.69) is 31.2 Å². The van der Waals surface area contributed by atoms with E-state index in [9.17, 15) is 0 Å². The third-order valence-corrected chi connectivity index (χ3v) is 6.48. The standard InChI is InChI=1S/C13H17ClO3Si/c1-10-9-15-18(16-13(10)17-18)7-6-11-2-4-12(8-14)5-3-11/h2-5,10,13H,6-9H2,1H3. The van der Waals surface area contributed by atoms with Gasteiger partial charge in [0, 0.05) is 24.4 Å². The van der Waals surface area contributed by atoms with Gasteiger partial charge in [-0.2, -0.15) is 0 Å². The second-order valence-corrected chi connectivity index (χ2v) is 7.92. The first-order chi connectivity index (χ1) is 8.71. The molecule has 5 heteroatoms. The van der Waals surface area contributed by atoms with Crippen molar-refractivity contribution in [1.82, 2.24) is 0 Å². The molecule has 3 nitrogen and oxygen atoms in total. The lowest BCUT2D eigenvalue weighted by molar-refractivity contribution is -0.243. The van der Waals surface area contributed by atoms with Crippen LogP contribution < -0.4 is 0 Å². The Hall–Kier alpha value is -0.393. The van der Waals surface area contributed by atoms with Gasteiger partial charge in [-0.1, -0.05) is 31.2 Å². The molecule has 0 aliphatic carbocycles. The molecule has 1 aromatic carbocycles. The van der Waals surface area contributed by atoms with E-state index in [1.54, 1.807) is 0 Å². The minimum absolute atomic E-state index is 0.0101. The van der Waals surface area contributed by atoms with Gasteiger partial charge in [0.1, 0.15) is 6.29 Å². The molecule has 3 aliphatic rings. The molecular weight excluding hydrogens is 268 g/mol. The summed E-state index contributed by atoms with van der Waals surface area (Å²) in [6, 6.07) is 9.23. The summed E-state index contributed by atoms with van der Waals surface area (Å²) in [7, 11) is -2.27. The van der Waals surface area contributed by atoms with Gasteiger partial charge in [-0.3, -0.25) is 0 Å². The lowest BCUT2D eigenvalue weighted by Crippen LogP contribution is -2.67. The van der Waals surface area contributed by atoms with Crippen molar-refractivity contribution in [2.75, 3.05) is 6.61 Å². The van der Waals surface area contributed by atoms with E-state index >= 15 is 0 Å². The number of halogens is 1. The minimum atomic E-state index is -2.27. The van der Waals surface area contributed by atoms with Crippen molar-refractivity contribution in [2.24, 2.45) is 5.92 Å². The molecule has 0 amide bonds. The Bertz CT molecular complexity index is 411. The van der Waals surface area contributed by atoms with Crippen LogP contribution >= 0.6 is 11.6 Å². The molecule has 0 spiro atoms. The summed E-state index contributed by atoms with van der Waals surface area (Å²) in [5.41, 5.74) is 2.43. The zero-order chi connectivity index (χ0) is 12.6. The predicted octanol–water partition coefficient (Wildman–Crippen LogP) is 2.95. The molecule has 4 rings (SSSR count). The summed E-state index contributed by atoms with van der Waals surface area (Å²) < 4.78 is 17.4. The van der Waals surface area contributed by atoms with Crippen molar-refractivity contribution in [3.8, 4) is 0 Å². The van der Waals surface area contributed by atoms with Gasteiger partial charge in [0.2, 0.25) is 0 Å². The van der Waals surface area contributed by atoms with Gasteiger partial charge in [-0.25, -0.2) is 0 Å². The third-order valence-electron chi connectivity index (χ3n) is 3.52. The number of rotatable bonds is 4. The maximum Gasteiger partial charge on any atom is 0.505 e. The highest BCUT2D eigenvalue weighted by Crippen LogP contribution is 2.39. The van der Waals surface area contributed by atoms with E-state index in [4.69, 9.17) is 24.9 Å². The van der Waals surface area contributed by atoms with Crippen molar-refractivity contribution in [2.45, 2.75) is 31.6 Å². The van der Waals surface area contributed by atoms with Crippen LogP contribution in [0.2, 0.25) is 6.04 Å². The Balaban J connectivity index is 1.55. The van der Waals surface area contributed by atoms with Crippen LogP contribution in [0.25, 0.3) is 0 Å². The van der Waals surface area contributed by atoms with Crippen molar-refractivity contribution < 1.29 is 13.3 Å². The molecule has 18 heavy (non-hydrogen) atoms. The Morgan fingerprint density at radius 1 is 1.22 bits per heavy atom. The first-order valence-electron chi connectivity index (χ1n) is 6.34. The van der Waals surface area contributed by atoms with Crippen molar-refractivity contribution >= 4 is 20.4 Å². The summed E-state index contributed by atoms with van der Waals surface area (Å²) in [5, 5.41) is 0. The maximum atomic E-state index is 5.81. The molecule has 3 saturated heterocycles. The zero-order valence-electron chi connectivity index (χ0n) is 10.4. The Labute approximate surface area is 113 Å². The van der Waals surface area contributed by atoms with Crippen molar-refractivity contribution in [1.29, 1.82) is 0 Å². The van der Waals surface area contributed by atoms with E-state index in [-0.39, 0.29) is 6.29 Å². The number of hydrogen-bond donors (Lipinski definition) is 0. The summed E-state index contributed by atoms with van der Waals surface area (Å²) in [5.74, 6) is 0.927. The number of fused-ring (bicyclic) bond motifs is 2. The van der Waals surface area contributed by atoms with E-state index in [1.807, 2.05) is 0 Å². The van der Waals surface area contributed by atoms with Gasteiger partial charge >= 0.3 is 8.80 Å². The van der Waals surface area contributed by atoms with Gasteiger partial charge in [0.05, 0.1) is 0 Å². The minimum Gasteiger partial charge on any atom is -0.373 e. The fourth-order valence-corrected chi connectivity index (χ4v) is 5.28. The van der Waals surface area contributed by atoms with E-state index in [0.29, 0.717) is 11.8 Å². The molecule has 2 bridgehead atoms. The van der Waals surface area contributed by atoms with Crippen LogP contribution in [-0.2, 0) is 25.6 Å². The summed E-state index contributed by atoms with van der Waals surface area (Å²) >= 11 is 5.77. The van der Waals surface area contributed by atoms with Crippen molar-refractivity contribution in [3.05, 3.63) is 35.4 Å². The number of benzene rings is 1. The van der Waals surface area contributed by atoms with Gasteiger partial charge in [0.25, 0.3) is 0 Å². The number of hydrogen-bond acceptors (Lipinski definition) is 3. The lowest BCUT2D eigenvalue weighted by atomic mass is 10.1. The summed E-state index contributed by atoms with van der Waals surface area (Å²) in [6.07, 6.45) is 0.930.